The summed E-state index contributed by atoms with van der Waals surface area (Å²) in [6.07, 6.45) is 0.160. The number of rotatable bonds is 9. The van der Waals surface area contributed by atoms with Crippen molar-refractivity contribution in [2.75, 3.05) is 21.3 Å². The molecular weight excluding hydrogens is 330 g/mol. The van der Waals surface area contributed by atoms with Gasteiger partial charge in [-0.3, -0.25) is 0 Å². The molecule has 0 bridgehead atoms. The van der Waals surface area contributed by atoms with Crippen LogP contribution in [-0.4, -0.2) is 27.4 Å². The normalized spacial score (nSPS) is 12.0. The quantitative estimate of drug-likeness (QED) is 0.721. The maximum Gasteiger partial charge on any atom is 0.203 e. The Morgan fingerprint density at radius 2 is 1.54 bits per heavy atom. The van der Waals surface area contributed by atoms with E-state index in [4.69, 9.17) is 18.9 Å². The van der Waals surface area contributed by atoms with Gasteiger partial charge in [-0.25, -0.2) is 0 Å². The van der Waals surface area contributed by atoms with Crippen molar-refractivity contribution in [1.82, 2.24) is 5.32 Å². The van der Waals surface area contributed by atoms with E-state index < -0.39 is 0 Å². The summed E-state index contributed by atoms with van der Waals surface area (Å²) in [7, 11) is 4.85. The van der Waals surface area contributed by atoms with Gasteiger partial charge in [0.05, 0.1) is 27.4 Å². The van der Waals surface area contributed by atoms with Crippen LogP contribution in [0.3, 0.4) is 0 Å². The molecule has 0 aliphatic heterocycles. The molecule has 2 aromatic carbocycles. The highest BCUT2D eigenvalue weighted by atomic mass is 16.5. The molecular formula is C21H29NO4. The summed E-state index contributed by atoms with van der Waals surface area (Å²) in [5.74, 6) is 2.80. The minimum absolute atomic E-state index is 0.160. The maximum atomic E-state index is 5.78. The maximum absolute atomic E-state index is 5.78. The first-order chi connectivity index (χ1) is 12.5. The van der Waals surface area contributed by atoms with Crippen molar-refractivity contribution < 1.29 is 18.9 Å². The molecule has 5 heteroatoms. The Morgan fingerprint density at radius 3 is 2.08 bits per heavy atom. The topological polar surface area (TPSA) is 49.0 Å². The second kappa shape index (κ2) is 9.34. The second-order valence-corrected chi connectivity index (χ2v) is 6.38. The average Bonchev–Trinajstić information content (AvgIpc) is 2.64. The van der Waals surface area contributed by atoms with Crippen LogP contribution in [0, 0.1) is 0 Å². The van der Waals surface area contributed by atoms with Gasteiger partial charge in [0.1, 0.15) is 5.75 Å². The molecule has 1 atom stereocenters. The Bertz CT molecular complexity index is 690. The minimum atomic E-state index is 0.160. The van der Waals surface area contributed by atoms with Crippen LogP contribution in [-0.2, 0) is 6.54 Å². The van der Waals surface area contributed by atoms with E-state index in [0.717, 1.165) is 11.3 Å². The first-order valence-corrected chi connectivity index (χ1v) is 8.77. The Hall–Kier alpha value is -2.40. The zero-order chi connectivity index (χ0) is 19.1. The molecule has 0 aromatic heterocycles. The van der Waals surface area contributed by atoms with Crippen molar-refractivity contribution in [3.05, 3.63) is 47.5 Å². The molecule has 0 aliphatic carbocycles. The van der Waals surface area contributed by atoms with Crippen LogP contribution in [0.5, 0.6) is 23.0 Å². The van der Waals surface area contributed by atoms with Crippen molar-refractivity contribution in [2.45, 2.75) is 39.5 Å². The molecule has 1 N–H and O–H groups in total. The van der Waals surface area contributed by atoms with Crippen LogP contribution >= 0.6 is 0 Å². The molecule has 0 saturated carbocycles. The zero-order valence-electron chi connectivity index (χ0n) is 16.5. The fourth-order valence-corrected chi connectivity index (χ4v) is 2.76. The minimum Gasteiger partial charge on any atom is -0.493 e. The largest absolute Gasteiger partial charge is 0.493 e. The van der Waals surface area contributed by atoms with Crippen LogP contribution in [0.15, 0.2) is 36.4 Å². The highest BCUT2D eigenvalue weighted by Gasteiger charge is 2.14. The molecule has 0 radical (unpaired) electrons. The number of nitrogens with one attached hydrogen (secondary N) is 1. The number of benzene rings is 2. The van der Waals surface area contributed by atoms with Crippen molar-refractivity contribution in [2.24, 2.45) is 0 Å². The fourth-order valence-electron chi connectivity index (χ4n) is 2.76. The third-order valence-electron chi connectivity index (χ3n) is 4.07. The Morgan fingerprint density at radius 1 is 0.885 bits per heavy atom. The van der Waals surface area contributed by atoms with Crippen molar-refractivity contribution in [3.8, 4) is 23.0 Å². The molecule has 0 heterocycles. The summed E-state index contributed by atoms with van der Waals surface area (Å²) in [6.45, 7) is 6.86. The number of methoxy groups -OCH3 is 3. The SMILES string of the molecule is COc1cc(CNC(C)c2cccc(OC(C)C)c2)cc(OC)c1OC. The third kappa shape index (κ3) is 5.05. The zero-order valence-corrected chi connectivity index (χ0v) is 16.5. The van der Waals surface area contributed by atoms with Gasteiger partial charge in [0.15, 0.2) is 11.5 Å². The van der Waals surface area contributed by atoms with Gasteiger partial charge in [-0.05, 0) is 56.2 Å². The third-order valence-corrected chi connectivity index (χ3v) is 4.07. The van der Waals surface area contributed by atoms with Crippen LogP contribution < -0.4 is 24.3 Å². The molecule has 0 amide bonds. The van der Waals surface area contributed by atoms with E-state index in [9.17, 15) is 0 Å². The van der Waals surface area contributed by atoms with Crippen molar-refractivity contribution in [1.29, 1.82) is 0 Å². The van der Waals surface area contributed by atoms with Gasteiger partial charge in [-0.15, -0.1) is 0 Å². The predicted octanol–water partition coefficient (Wildman–Crippen LogP) is 4.35. The van der Waals surface area contributed by atoms with Crippen LogP contribution in [0.2, 0.25) is 0 Å². The van der Waals surface area contributed by atoms with E-state index in [1.54, 1.807) is 21.3 Å². The lowest BCUT2D eigenvalue weighted by Gasteiger charge is -2.18. The molecule has 142 valence electrons. The fraction of sp³-hybridized carbons (Fsp3) is 0.429. The van der Waals surface area contributed by atoms with Crippen molar-refractivity contribution in [3.63, 3.8) is 0 Å². The molecule has 0 spiro atoms. The van der Waals surface area contributed by atoms with Gasteiger partial charge >= 0.3 is 0 Å². The van der Waals surface area contributed by atoms with E-state index >= 15 is 0 Å². The first-order valence-electron chi connectivity index (χ1n) is 8.77. The molecule has 26 heavy (non-hydrogen) atoms. The van der Waals surface area contributed by atoms with Gasteiger partial charge in [-0.2, -0.15) is 0 Å². The lowest BCUT2D eigenvalue weighted by molar-refractivity contribution is 0.242. The standard InChI is InChI=1S/C21H29NO4/c1-14(2)26-18-9-7-8-17(12-18)15(3)22-13-16-10-19(23-4)21(25-6)20(11-16)24-5/h7-12,14-15,22H,13H2,1-6H3. The smallest absolute Gasteiger partial charge is 0.203 e. The lowest BCUT2D eigenvalue weighted by Crippen LogP contribution is -2.18. The van der Waals surface area contributed by atoms with E-state index in [1.807, 2.05) is 38.1 Å². The Labute approximate surface area is 156 Å². The van der Waals surface area contributed by atoms with Crippen LogP contribution in [0.4, 0.5) is 0 Å². The molecule has 0 saturated heterocycles. The van der Waals surface area contributed by atoms with Gasteiger partial charge in [0, 0.05) is 12.6 Å². The molecule has 2 rings (SSSR count). The number of hydrogen-bond donors (Lipinski definition) is 1. The van der Waals surface area contributed by atoms with Crippen molar-refractivity contribution >= 4 is 0 Å². The van der Waals surface area contributed by atoms with E-state index in [1.165, 1.54) is 5.56 Å². The second-order valence-electron chi connectivity index (χ2n) is 6.38. The van der Waals surface area contributed by atoms with Gasteiger partial charge in [-0.1, -0.05) is 12.1 Å². The molecule has 0 fully saturated rings. The number of hydrogen-bond acceptors (Lipinski definition) is 5. The highest BCUT2D eigenvalue weighted by Crippen LogP contribution is 2.38. The summed E-state index contributed by atoms with van der Waals surface area (Å²) in [5.41, 5.74) is 2.23. The molecule has 0 aliphatic rings. The van der Waals surface area contributed by atoms with Gasteiger partial charge < -0.3 is 24.3 Å². The summed E-state index contributed by atoms with van der Waals surface area (Å²) in [5, 5.41) is 3.53. The predicted molar refractivity (Wildman–Crippen MR) is 104 cm³/mol. The Balaban J connectivity index is 2.10. The van der Waals surface area contributed by atoms with Crippen LogP contribution in [0.1, 0.15) is 37.9 Å². The average molecular weight is 359 g/mol. The van der Waals surface area contributed by atoms with E-state index in [0.29, 0.717) is 23.8 Å². The summed E-state index contributed by atoms with van der Waals surface area (Å²) < 4.78 is 22.0. The molecule has 2 aromatic rings. The monoisotopic (exact) mass is 359 g/mol. The lowest BCUT2D eigenvalue weighted by atomic mass is 10.1. The first kappa shape index (κ1) is 19.9. The number of ether oxygens (including phenoxy) is 4. The highest BCUT2D eigenvalue weighted by molar-refractivity contribution is 5.53. The molecule has 5 nitrogen and oxygen atoms in total. The van der Waals surface area contributed by atoms with E-state index in [2.05, 4.69) is 24.4 Å². The van der Waals surface area contributed by atoms with E-state index in [-0.39, 0.29) is 12.1 Å². The Kier molecular flexibility index (Phi) is 7.16. The summed E-state index contributed by atoms with van der Waals surface area (Å²) >= 11 is 0. The summed E-state index contributed by atoms with van der Waals surface area (Å²) in [6, 6.07) is 12.3. The van der Waals surface area contributed by atoms with Crippen LogP contribution in [0.25, 0.3) is 0 Å². The summed E-state index contributed by atoms with van der Waals surface area (Å²) in [4.78, 5) is 0. The molecule has 1 unspecified atom stereocenters. The van der Waals surface area contributed by atoms with Gasteiger partial charge in [0.25, 0.3) is 0 Å². The van der Waals surface area contributed by atoms with Gasteiger partial charge in [0.2, 0.25) is 5.75 Å².